The molecule has 6 heteroatoms. The molecule has 0 atom stereocenters. The predicted molar refractivity (Wildman–Crippen MR) is 104 cm³/mol. The van der Waals surface area contributed by atoms with Crippen molar-refractivity contribution in [3.63, 3.8) is 0 Å². The largest absolute Gasteiger partial charge is 0.329 e. The number of rotatable bonds is 4. The number of imidazole rings is 1. The highest BCUT2D eigenvalue weighted by Gasteiger charge is 2.14. The smallest absolute Gasteiger partial charge is 0.292 e. The van der Waals surface area contributed by atoms with Gasteiger partial charge in [-0.1, -0.05) is 41.9 Å². The third-order valence-corrected chi connectivity index (χ3v) is 5.47. The highest BCUT2D eigenvalue weighted by molar-refractivity contribution is 7.13. The fraction of sp³-hybridized carbons (Fsp3) is 0.158. The van der Waals surface area contributed by atoms with Crippen LogP contribution in [-0.4, -0.2) is 14.1 Å². The first kappa shape index (κ1) is 16.1. The Morgan fingerprint density at radius 3 is 2.44 bits per heavy atom. The normalized spacial score (nSPS) is 11.3. The molecule has 25 heavy (non-hydrogen) atoms. The molecule has 0 radical (unpaired) electrons. The molecule has 0 saturated carbocycles. The van der Waals surface area contributed by atoms with E-state index in [-0.39, 0.29) is 5.69 Å². The summed E-state index contributed by atoms with van der Waals surface area (Å²) in [5, 5.41) is 3.54. The molecular formula is C19H16ClN3OS. The summed E-state index contributed by atoms with van der Waals surface area (Å²) in [6.45, 7) is 3.08. The first-order valence-electron chi connectivity index (χ1n) is 8.06. The lowest BCUT2D eigenvalue weighted by molar-refractivity contribution is 0.679. The topological polar surface area (TPSA) is 39.8 Å². The predicted octanol–water partition coefficient (Wildman–Crippen LogP) is 4.65. The van der Waals surface area contributed by atoms with Crippen LogP contribution in [0.5, 0.6) is 0 Å². The summed E-state index contributed by atoms with van der Waals surface area (Å²) in [6, 6.07) is 15.5. The summed E-state index contributed by atoms with van der Waals surface area (Å²) < 4.78 is 3.57. The van der Waals surface area contributed by atoms with Crippen molar-refractivity contribution in [3.05, 3.63) is 75.1 Å². The van der Waals surface area contributed by atoms with Crippen molar-refractivity contribution >= 4 is 34.0 Å². The maximum atomic E-state index is 12.7. The molecule has 4 aromatic rings. The van der Waals surface area contributed by atoms with Crippen molar-refractivity contribution in [2.75, 3.05) is 0 Å². The van der Waals surface area contributed by atoms with Gasteiger partial charge in [-0.15, -0.1) is 11.3 Å². The summed E-state index contributed by atoms with van der Waals surface area (Å²) in [5.41, 5.74) is 3.67. The van der Waals surface area contributed by atoms with E-state index < -0.39 is 0 Å². The van der Waals surface area contributed by atoms with E-state index in [2.05, 4.69) is 4.98 Å². The van der Waals surface area contributed by atoms with Crippen molar-refractivity contribution in [2.45, 2.75) is 20.0 Å². The van der Waals surface area contributed by atoms with Gasteiger partial charge in [0.2, 0.25) is 0 Å². The second kappa shape index (κ2) is 6.50. The Kier molecular flexibility index (Phi) is 4.19. The molecule has 2 aromatic carbocycles. The number of para-hydroxylation sites is 2. The zero-order valence-electron chi connectivity index (χ0n) is 13.6. The summed E-state index contributed by atoms with van der Waals surface area (Å²) in [4.78, 5) is 17.4. The van der Waals surface area contributed by atoms with Gasteiger partial charge in [-0.2, -0.15) is 0 Å². The fourth-order valence-electron chi connectivity index (χ4n) is 3.03. The number of fused-ring (bicyclic) bond motifs is 1. The molecule has 2 aromatic heterocycles. The second-order valence-electron chi connectivity index (χ2n) is 5.73. The van der Waals surface area contributed by atoms with Crippen LogP contribution < -0.4 is 5.69 Å². The van der Waals surface area contributed by atoms with E-state index in [9.17, 15) is 4.79 Å². The highest BCUT2D eigenvalue weighted by atomic mass is 35.5. The van der Waals surface area contributed by atoms with Gasteiger partial charge >= 0.3 is 5.69 Å². The number of aromatic nitrogens is 3. The van der Waals surface area contributed by atoms with E-state index in [4.69, 9.17) is 11.6 Å². The Balaban J connectivity index is 1.75. The average molecular weight is 370 g/mol. The molecule has 0 unspecified atom stereocenters. The monoisotopic (exact) mass is 369 g/mol. The molecular weight excluding hydrogens is 354 g/mol. The Morgan fingerprint density at radius 1 is 1.04 bits per heavy atom. The zero-order chi connectivity index (χ0) is 17.4. The van der Waals surface area contributed by atoms with Gasteiger partial charge in [0, 0.05) is 17.5 Å². The Bertz CT molecular complexity index is 1110. The maximum Gasteiger partial charge on any atom is 0.329 e. The van der Waals surface area contributed by atoms with E-state index in [1.54, 1.807) is 20.5 Å². The lowest BCUT2D eigenvalue weighted by Crippen LogP contribution is -2.24. The van der Waals surface area contributed by atoms with Gasteiger partial charge in [0.05, 0.1) is 28.3 Å². The van der Waals surface area contributed by atoms with Gasteiger partial charge in [0.1, 0.15) is 5.01 Å². The molecule has 126 valence electrons. The highest BCUT2D eigenvalue weighted by Crippen LogP contribution is 2.30. The van der Waals surface area contributed by atoms with Crippen molar-refractivity contribution in [3.8, 4) is 10.6 Å². The lowest BCUT2D eigenvalue weighted by Gasteiger charge is -2.01. The minimum atomic E-state index is -0.00371. The molecule has 0 spiro atoms. The van der Waals surface area contributed by atoms with Gasteiger partial charge in [-0.25, -0.2) is 9.78 Å². The summed E-state index contributed by atoms with van der Waals surface area (Å²) >= 11 is 7.80. The first-order valence-corrected chi connectivity index (χ1v) is 9.32. The molecule has 0 bridgehead atoms. The van der Waals surface area contributed by atoms with E-state index in [0.29, 0.717) is 18.1 Å². The molecule has 0 aliphatic heterocycles. The third-order valence-electron chi connectivity index (χ3n) is 4.22. The number of benzene rings is 2. The first-order chi connectivity index (χ1) is 12.2. The van der Waals surface area contributed by atoms with Gasteiger partial charge < -0.3 is 0 Å². The van der Waals surface area contributed by atoms with Crippen LogP contribution >= 0.6 is 22.9 Å². The standard InChI is InChI=1S/C19H16ClN3OS/c1-2-22-16-9-5-6-10-17(16)23(19(22)24)11-13-12-25-18(21-13)14-7-3-4-8-15(14)20/h3-10,12H,2,11H2,1H3. The van der Waals surface area contributed by atoms with Crippen LogP contribution in [0.4, 0.5) is 0 Å². The van der Waals surface area contributed by atoms with Crippen molar-refractivity contribution < 1.29 is 0 Å². The average Bonchev–Trinajstić information content (AvgIpc) is 3.19. The van der Waals surface area contributed by atoms with E-state index in [0.717, 1.165) is 27.3 Å². The van der Waals surface area contributed by atoms with Crippen molar-refractivity contribution in [1.29, 1.82) is 0 Å². The number of hydrogen-bond acceptors (Lipinski definition) is 3. The number of hydrogen-bond donors (Lipinski definition) is 0. The van der Waals surface area contributed by atoms with E-state index in [1.807, 2.05) is 60.8 Å². The Labute approximate surface area is 153 Å². The van der Waals surface area contributed by atoms with Crippen LogP contribution in [0, 0.1) is 0 Å². The van der Waals surface area contributed by atoms with Gasteiger partial charge in [0.15, 0.2) is 0 Å². The second-order valence-corrected chi connectivity index (χ2v) is 6.99. The summed E-state index contributed by atoms with van der Waals surface area (Å²) in [7, 11) is 0. The number of thiazole rings is 1. The molecule has 2 heterocycles. The molecule has 0 N–H and O–H groups in total. The van der Waals surface area contributed by atoms with Crippen LogP contribution in [0.3, 0.4) is 0 Å². The Morgan fingerprint density at radius 2 is 1.72 bits per heavy atom. The zero-order valence-corrected chi connectivity index (χ0v) is 15.2. The van der Waals surface area contributed by atoms with Gasteiger partial charge in [-0.3, -0.25) is 9.13 Å². The minimum absolute atomic E-state index is 0.00371. The van der Waals surface area contributed by atoms with Crippen LogP contribution in [0.15, 0.2) is 58.7 Å². The third kappa shape index (κ3) is 2.79. The molecule has 0 saturated heterocycles. The quantitative estimate of drug-likeness (QED) is 0.525. The number of halogens is 1. The van der Waals surface area contributed by atoms with E-state index in [1.165, 1.54) is 0 Å². The fourth-order valence-corrected chi connectivity index (χ4v) is 4.16. The number of nitrogens with zero attached hydrogens (tertiary/aromatic N) is 3. The number of aryl methyl sites for hydroxylation is 1. The van der Waals surface area contributed by atoms with E-state index >= 15 is 0 Å². The lowest BCUT2D eigenvalue weighted by atomic mass is 10.2. The molecule has 0 amide bonds. The van der Waals surface area contributed by atoms with Crippen LogP contribution in [0.25, 0.3) is 21.6 Å². The molecule has 0 fully saturated rings. The SMILES string of the molecule is CCn1c(=O)n(Cc2csc(-c3ccccc3Cl)n2)c2ccccc21. The van der Waals surface area contributed by atoms with Crippen molar-refractivity contribution in [2.24, 2.45) is 0 Å². The summed E-state index contributed by atoms with van der Waals surface area (Å²) in [6.07, 6.45) is 0. The maximum absolute atomic E-state index is 12.7. The Hall–Kier alpha value is -2.37. The molecule has 4 nitrogen and oxygen atoms in total. The van der Waals surface area contributed by atoms with Crippen LogP contribution in [-0.2, 0) is 13.1 Å². The van der Waals surface area contributed by atoms with Crippen molar-refractivity contribution in [1.82, 2.24) is 14.1 Å². The van der Waals surface area contributed by atoms with Crippen LogP contribution in [0.1, 0.15) is 12.6 Å². The minimum Gasteiger partial charge on any atom is -0.292 e. The molecule has 0 aliphatic rings. The molecule has 0 aliphatic carbocycles. The summed E-state index contributed by atoms with van der Waals surface area (Å²) in [5.74, 6) is 0. The van der Waals surface area contributed by atoms with Gasteiger partial charge in [-0.05, 0) is 25.1 Å². The van der Waals surface area contributed by atoms with Crippen LogP contribution in [0.2, 0.25) is 5.02 Å². The molecule has 4 rings (SSSR count). The van der Waals surface area contributed by atoms with Gasteiger partial charge in [0.25, 0.3) is 0 Å².